The predicted molar refractivity (Wildman–Crippen MR) is 120 cm³/mol. The van der Waals surface area contributed by atoms with Crippen LogP contribution in [0.15, 0.2) is 46.3 Å². The zero-order valence-electron chi connectivity index (χ0n) is 16.0. The number of hydrogen-bond donors (Lipinski definition) is 1. The first-order valence-electron chi connectivity index (χ1n) is 9.14. The molecule has 1 fully saturated rings. The molecule has 2 aromatic rings. The Morgan fingerprint density at radius 1 is 1.17 bits per heavy atom. The van der Waals surface area contributed by atoms with Crippen molar-refractivity contribution >= 4 is 57.8 Å². The van der Waals surface area contributed by atoms with Crippen LogP contribution < -0.4 is 4.74 Å². The van der Waals surface area contributed by atoms with Crippen molar-refractivity contribution in [2.24, 2.45) is 4.99 Å². The normalized spacial score (nSPS) is 16.8. The number of aromatic hydroxyl groups is 1. The molecule has 1 aliphatic heterocycles. The summed E-state index contributed by atoms with van der Waals surface area (Å²) in [6, 6.07) is 10.5. The molecule has 8 heteroatoms. The van der Waals surface area contributed by atoms with E-state index in [1.54, 1.807) is 23.1 Å². The summed E-state index contributed by atoms with van der Waals surface area (Å²) >= 11 is 13.3. The van der Waals surface area contributed by atoms with Gasteiger partial charge in [-0.3, -0.25) is 9.69 Å². The zero-order chi connectivity index (χ0) is 21.0. The van der Waals surface area contributed by atoms with Crippen molar-refractivity contribution in [1.82, 2.24) is 4.90 Å². The summed E-state index contributed by atoms with van der Waals surface area (Å²) < 4.78 is 5.45. The number of nitrogens with zero attached hydrogens (tertiary/aromatic N) is 2. The number of aliphatic imine (C=N–C) groups is 1. The molecule has 1 aliphatic rings. The van der Waals surface area contributed by atoms with Crippen LogP contribution in [0.1, 0.15) is 25.8 Å². The van der Waals surface area contributed by atoms with Crippen LogP contribution >= 0.6 is 35.0 Å². The van der Waals surface area contributed by atoms with E-state index in [1.807, 2.05) is 38.1 Å². The third-order valence-electron chi connectivity index (χ3n) is 4.04. The number of thioether (sulfide) groups is 1. The first kappa shape index (κ1) is 21.6. The van der Waals surface area contributed by atoms with Gasteiger partial charge in [0.05, 0.1) is 27.2 Å². The maximum atomic E-state index is 12.9. The monoisotopic (exact) mass is 450 g/mol. The fourth-order valence-electron chi connectivity index (χ4n) is 2.73. The predicted octanol–water partition coefficient (Wildman–Crippen LogP) is 6.11. The molecule has 0 bridgehead atoms. The van der Waals surface area contributed by atoms with Crippen molar-refractivity contribution in [3.63, 3.8) is 0 Å². The van der Waals surface area contributed by atoms with Crippen LogP contribution in [0.25, 0.3) is 6.08 Å². The van der Waals surface area contributed by atoms with Crippen LogP contribution in [0.4, 0.5) is 5.69 Å². The SMILES string of the molecule is CCCN1C(=O)/C(=C/c2cc(Cl)c(O)c(Cl)c2)SC1=Nc1ccc(OCC)cc1. The van der Waals surface area contributed by atoms with E-state index in [9.17, 15) is 9.90 Å². The number of ether oxygens (including phenoxy) is 1. The van der Waals surface area contributed by atoms with Gasteiger partial charge in [-0.05, 0) is 73.1 Å². The highest BCUT2D eigenvalue weighted by Crippen LogP contribution is 2.37. The van der Waals surface area contributed by atoms with Crippen molar-refractivity contribution in [3.05, 3.63) is 56.9 Å². The van der Waals surface area contributed by atoms with E-state index in [0.717, 1.165) is 17.9 Å². The Morgan fingerprint density at radius 2 is 1.83 bits per heavy atom. The molecule has 1 saturated heterocycles. The molecule has 29 heavy (non-hydrogen) atoms. The van der Waals surface area contributed by atoms with Crippen molar-refractivity contribution < 1.29 is 14.6 Å². The summed E-state index contributed by atoms with van der Waals surface area (Å²) in [6.07, 6.45) is 2.51. The van der Waals surface area contributed by atoms with Gasteiger partial charge in [-0.2, -0.15) is 0 Å². The molecule has 5 nitrogen and oxygen atoms in total. The highest BCUT2D eigenvalue weighted by Gasteiger charge is 2.32. The molecular weight excluding hydrogens is 431 g/mol. The third kappa shape index (κ3) is 5.07. The van der Waals surface area contributed by atoms with Gasteiger partial charge in [0.25, 0.3) is 5.91 Å². The average Bonchev–Trinajstić information content (AvgIpc) is 2.97. The van der Waals surface area contributed by atoms with E-state index in [2.05, 4.69) is 4.99 Å². The van der Waals surface area contributed by atoms with Gasteiger partial charge in [0, 0.05) is 6.54 Å². The number of rotatable bonds is 6. The Morgan fingerprint density at radius 3 is 2.41 bits per heavy atom. The number of carbonyl (C=O) groups excluding carboxylic acids is 1. The molecule has 1 N–H and O–H groups in total. The molecule has 3 rings (SSSR count). The van der Waals surface area contributed by atoms with Crippen LogP contribution in [-0.4, -0.2) is 34.2 Å². The summed E-state index contributed by atoms with van der Waals surface area (Å²) in [4.78, 5) is 19.7. The molecule has 0 saturated carbocycles. The lowest BCUT2D eigenvalue weighted by molar-refractivity contribution is -0.122. The Bertz CT molecular complexity index is 951. The van der Waals surface area contributed by atoms with Crippen LogP contribution in [0.3, 0.4) is 0 Å². The van der Waals surface area contributed by atoms with E-state index in [4.69, 9.17) is 27.9 Å². The van der Waals surface area contributed by atoms with E-state index < -0.39 is 0 Å². The van der Waals surface area contributed by atoms with Crippen molar-refractivity contribution in [1.29, 1.82) is 0 Å². The molecule has 0 radical (unpaired) electrons. The number of amides is 1. The fourth-order valence-corrected chi connectivity index (χ4v) is 4.25. The van der Waals surface area contributed by atoms with E-state index in [1.165, 1.54) is 11.8 Å². The van der Waals surface area contributed by atoms with Crippen LogP contribution in [0.5, 0.6) is 11.5 Å². The third-order valence-corrected chi connectivity index (χ3v) is 5.63. The second-order valence-electron chi connectivity index (χ2n) is 6.22. The minimum absolute atomic E-state index is 0.123. The number of hydrogen-bond acceptors (Lipinski definition) is 5. The Hall–Kier alpha value is -2.15. The van der Waals surface area contributed by atoms with E-state index >= 15 is 0 Å². The average molecular weight is 451 g/mol. The van der Waals surface area contributed by atoms with Crippen LogP contribution in [-0.2, 0) is 4.79 Å². The molecular formula is C21H20Cl2N2O3S. The van der Waals surface area contributed by atoms with Crippen molar-refractivity contribution in [3.8, 4) is 11.5 Å². The summed E-state index contributed by atoms with van der Waals surface area (Å²) in [7, 11) is 0. The largest absolute Gasteiger partial charge is 0.505 e. The molecule has 1 amide bonds. The Kier molecular flexibility index (Phi) is 7.11. The highest BCUT2D eigenvalue weighted by atomic mass is 35.5. The number of phenols is 1. The van der Waals surface area contributed by atoms with Crippen molar-refractivity contribution in [2.75, 3.05) is 13.2 Å². The molecule has 1 heterocycles. The molecule has 0 spiro atoms. The molecule has 0 aliphatic carbocycles. The first-order valence-corrected chi connectivity index (χ1v) is 10.7. The number of amidine groups is 1. The lowest BCUT2D eigenvalue weighted by Crippen LogP contribution is -2.29. The fraction of sp³-hybridized carbons (Fsp3) is 0.238. The summed E-state index contributed by atoms with van der Waals surface area (Å²) in [5.74, 6) is 0.479. The summed E-state index contributed by atoms with van der Waals surface area (Å²) in [6.45, 7) is 5.10. The zero-order valence-corrected chi connectivity index (χ0v) is 18.3. The maximum absolute atomic E-state index is 12.9. The van der Waals surface area contributed by atoms with Gasteiger partial charge in [-0.15, -0.1) is 0 Å². The number of benzene rings is 2. The smallest absolute Gasteiger partial charge is 0.266 e. The molecule has 0 aromatic heterocycles. The van der Waals surface area contributed by atoms with Gasteiger partial charge in [0.2, 0.25) is 0 Å². The van der Waals surface area contributed by atoms with Crippen LogP contribution in [0.2, 0.25) is 10.0 Å². The molecule has 0 unspecified atom stereocenters. The number of phenolic OH excluding ortho intramolecular Hbond substituents is 1. The lowest BCUT2D eigenvalue weighted by atomic mass is 10.2. The van der Waals surface area contributed by atoms with Crippen LogP contribution in [0, 0.1) is 0 Å². The Balaban J connectivity index is 1.91. The molecule has 0 atom stereocenters. The number of carbonyl (C=O) groups is 1. The van der Waals surface area contributed by atoms with Gasteiger partial charge >= 0.3 is 0 Å². The molecule has 152 valence electrons. The highest BCUT2D eigenvalue weighted by molar-refractivity contribution is 8.18. The second-order valence-corrected chi connectivity index (χ2v) is 8.05. The minimum Gasteiger partial charge on any atom is -0.505 e. The van der Waals surface area contributed by atoms with Gasteiger partial charge in [-0.1, -0.05) is 30.1 Å². The van der Waals surface area contributed by atoms with Gasteiger partial charge in [0.15, 0.2) is 10.9 Å². The number of halogens is 2. The maximum Gasteiger partial charge on any atom is 0.266 e. The standard InChI is InChI=1S/C21H20Cl2N2O3S/c1-3-9-25-20(27)18(12-13-10-16(22)19(26)17(23)11-13)29-21(25)24-14-5-7-15(8-6-14)28-4-2/h5-8,10-12,26H,3-4,9H2,1-2H3/b18-12-,24-21?. The first-order chi connectivity index (χ1) is 13.9. The van der Waals surface area contributed by atoms with E-state index in [0.29, 0.717) is 28.8 Å². The quantitative estimate of drug-likeness (QED) is 0.538. The lowest BCUT2D eigenvalue weighted by Gasteiger charge is -2.14. The summed E-state index contributed by atoms with van der Waals surface area (Å²) in [5, 5.41) is 10.6. The topological polar surface area (TPSA) is 62.1 Å². The van der Waals surface area contributed by atoms with Gasteiger partial charge in [0.1, 0.15) is 5.75 Å². The Labute approximate surface area is 184 Å². The second kappa shape index (κ2) is 9.57. The van der Waals surface area contributed by atoms with Gasteiger partial charge < -0.3 is 9.84 Å². The minimum atomic E-state index is -0.175. The summed E-state index contributed by atoms with van der Waals surface area (Å²) in [5.41, 5.74) is 1.37. The van der Waals surface area contributed by atoms with Crippen molar-refractivity contribution in [2.45, 2.75) is 20.3 Å². The van der Waals surface area contributed by atoms with Gasteiger partial charge in [-0.25, -0.2) is 4.99 Å². The molecule has 2 aromatic carbocycles. The van der Waals surface area contributed by atoms with E-state index in [-0.39, 0.29) is 21.7 Å².